The average molecular weight is 615 g/mol. The number of nitrogens with one attached hydrogen (secondary N) is 1. The number of allylic oxidation sites excluding steroid dienone is 8. The number of Topliss-reactive ketones (excluding diaryl/α,β-unsaturated/α-hetero) is 1. The lowest BCUT2D eigenvalue weighted by Gasteiger charge is -2.39. The highest BCUT2D eigenvalue weighted by Crippen LogP contribution is 2.40. The minimum absolute atomic E-state index is 0.0567. The second-order valence-corrected chi connectivity index (χ2v) is 12.8. The van der Waals surface area contributed by atoms with Gasteiger partial charge in [-0.3, -0.25) is 9.79 Å². The first-order chi connectivity index (χ1) is 21.3. The summed E-state index contributed by atoms with van der Waals surface area (Å²) in [4.78, 5) is 18.6. The third-order valence-corrected chi connectivity index (χ3v) is 9.01. The van der Waals surface area contributed by atoms with Gasteiger partial charge >= 0.3 is 0 Å². The van der Waals surface area contributed by atoms with Crippen LogP contribution in [0.5, 0.6) is 0 Å². The van der Waals surface area contributed by atoms with Gasteiger partial charge in [-0.05, 0) is 87.1 Å². The Kier molecular flexibility index (Phi) is 12.4. The summed E-state index contributed by atoms with van der Waals surface area (Å²) in [5.74, 6) is -0.178. The lowest BCUT2D eigenvalue weighted by atomic mass is 9.66. The zero-order chi connectivity index (χ0) is 33.4. The molecule has 1 atom stereocenters. The highest BCUT2D eigenvalue weighted by atomic mass is 19.1. The Morgan fingerprint density at radius 1 is 1.22 bits per heavy atom. The molecule has 0 radical (unpaired) electrons. The Balaban J connectivity index is 1.96. The van der Waals surface area contributed by atoms with Crippen LogP contribution in [0.1, 0.15) is 90.8 Å². The molecule has 2 fully saturated rings. The predicted octanol–water partition coefficient (Wildman–Crippen LogP) is 8.72. The molecule has 2 saturated heterocycles. The molecule has 0 saturated carbocycles. The number of hydrogen-bond acceptors (Lipinski definition) is 4. The molecule has 1 aromatic carbocycles. The summed E-state index contributed by atoms with van der Waals surface area (Å²) < 4.78 is 22.5. The highest BCUT2D eigenvalue weighted by molar-refractivity contribution is 5.92. The fraction of sp³-hybridized carbons (Fsp3) is 0.462. The maximum Gasteiger partial charge on any atom is 0.171 e. The number of aliphatic imine (C=N–C) groups is 1. The van der Waals surface area contributed by atoms with Crippen molar-refractivity contribution in [2.24, 2.45) is 10.9 Å². The third kappa shape index (κ3) is 8.55. The zero-order valence-corrected chi connectivity index (χ0v) is 28.7. The number of piperidine rings is 1. The number of halogens is 1. The Morgan fingerprint density at radius 3 is 2.40 bits per heavy atom. The average Bonchev–Trinajstić information content (AvgIpc) is 3.01. The van der Waals surface area contributed by atoms with E-state index in [1.165, 1.54) is 6.08 Å². The van der Waals surface area contributed by atoms with Gasteiger partial charge in [-0.2, -0.15) is 0 Å². The SMILES string of the molecule is C=C/C(F)=C(\C=C/C)N/C(C)=C(C)/C(=C\C(=C)c1ccc(C2(C(=O)C(C)C)CC[N+](=CC3(C)CCO3)CC2)c(C)c1)N=CCC. The second kappa shape index (κ2) is 15.6. The lowest BCUT2D eigenvalue weighted by molar-refractivity contribution is -0.541. The van der Waals surface area contributed by atoms with Crippen molar-refractivity contribution in [3.8, 4) is 0 Å². The van der Waals surface area contributed by atoms with Crippen molar-refractivity contribution >= 4 is 23.8 Å². The van der Waals surface area contributed by atoms with E-state index in [4.69, 9.17) is 9.73 Å². The van der Waals surface area contributed by atoms with Gasteiger partial charge in [-0.1, -0.05) is 58.2 Å². The number of hydrogen-bond donors (Lipinski definition) is 1. The van der Waals surface area contributed by atoms with Crippen molar-refractivity contribution < 1.29 is 18.5 Å². The van der Waals surface area contributed by atoms with Gasteiger partial charge in [0.25, 0.3) is 0 Å². The molecule has 1 N–H and O–H groups in total. The van der Waals surface area contributed by atoms with Crippen LogP contribution in [-0.4, -0.2) is 48.1 Å². The number of nitrogens with zero attached hydrogens (tertiary/aromatic N) is 2. The smallest absolute Gasteiger partial charge is 0.171 e. The summed E-state index contributed by atoms with van der Waals surface area (Å²) >= 11 is 0. The molecule has 2 heterocycles. The molecule has 5 nitrogen and oxygen atoms in total. The fourth-order valence-electron chi connectivity index (χ4n) is 6.17. The van der Waals surface area contributed by atoms with Gasteiger partial charge in [0.05, 0.1) is 23.4 Å². The van der Waals surface area contributed by atoms with Crippen molar-refractivity contribution in [3.05, 3.63) is 101 Å². The molecule has 6 heteroatoms. The van der Waals surface area contributed by atoms with Gasteiger partial charge in [0.2, 0.25) is 0 Å². The minimum Gasteiger partial charge on any atom is -0.365 e. The maximum atomic E-state index is 14.4. The molecule has 1 aromatic rings. The Labute approximate surface area is 270 Å². The van der Waals surface area contributed by atoms with Crippen LogP contribution in [0.25, 0.3) is 5.57 Å². The van der Waals surface area contributed by atoms with Crippen LogP contribution in [-0.2, 0) is 14.9 Å². The topological polar surface area (TPSA) is 53.7 Å². The van der Waals surface area contributed by atoms with Crippen LogP contribution in [0.4, 0.5) is 4.39 Å². The maximum absolute atomic E-state index is 14.4. The van der Waals surface area contributed by atoms with E-state index in [-0.39, 0.29) is 11.5 Å². The number of ether oxygens (including phenoxy) is 1. The van der Waals surface area contributed by atoms with Crippen molar-refractivity contribution in [1.82, 2.24) is 5.32 Å². The molecule has 0 amide bonds. The van der Waals surface area contributed by atoms with Crippen LogP contribution < -0.4 is 5.32 Å². The van der Waals surface area contributed by atoms with Crippen LogP contribution in [0, 0.1) is 12.8 Å². The van der Waals surface area contributed by atoms with E-state index in [0.717, 1.165) is 84.6 Å². The standard InChI is InChI=1S/C39H53FN3O2/c1-11-14-35(34(40)13-3)42-31(9)30(8)36(41-20-12-2)25-28(6)32-15-16-33(29(7)24-32)39(37(44)27(4)5)17-21-43(22-18-39)26-38(10)19-23-45-38/h11,13-16,20,24-27,42H,3,6,12,17-19,21-23H2,1-2,4-5,7-10H3/q+1/b14-11-,31-30+,35-34-,36-25+,41-20?,43-26?. The summed E-state index contributed by atoms with van der Waals surface area (Å²) in [6.07, 6.45) is 14.1. The van der Waals surface area contributed by atoms with Crippen molar-refractivity contribution in [2.45, 2.75) is 92.1 Å². The molecule has 3 rings (SSSR count). The summed E-state index contributed by atoms with van der Waals surface area (Å²) in [6.45, 7) is 26.4. The first kappa shape index (κ1) is 35.8. The fourth-order valence-corrected chi connectivity index (χ4v) is 6.17. The number of benzene rings is 1. The molecule has 0 aliphatic carbocycles. The van der Waals surface area contributed by atoms with Crippen molar-refractivity contribution in [1.29, 1.82) is 0 Å². The van der Waals surface area contributed by atoms with Crippen LogP contribution in [0.15, 0.2) is 89.1 Å². The highest BCUT2D eigenvalue weighted by Gasteiger charge is 2.47. The van der Waals surface area contributed by atoms with Crippen molar-refractivity contribution in [2.75, 3.05) is 19.7 Å². The first-order valence-electron chi connectivity index (χ1n) is 16.2. The molecule has 0 spiro atoms. The lowest BCUT2D eigenvalue weighted by Crippen LogP contribution is -2.50. The van der Waals surface area contributed by atoms with Gasteiger partial charge < -0.3 is 10.1 Å². The molecule has 45 heavy (non-hydrogen) atoms. The van der Waals surface area contributed by atoms with E-state index in [0.29, 0.717) is 11.5 Å². The first-order valence-corrected chi connectivity index (χ1v) is 16.2. The number of rotatable bonds is 13. The molecule has 2 aliphatic rings. The van der Waals surface area contributed by atoms with Gasteiger partial charge in [-0.15, -0.1) is 0 Å². The number of ketones is 1. The number of aryl methyl sites for hydroxylation is 1. The largest absolute Gasteiger partial charge is 0.365 e. The van der Waals surface area contributed by atoms with Gasteiger partial charge in [-0.25, -0.2) is 8.97 Å². The number of carbonyl (C=O) groups is 1. The Morgan fingerprint density at radius 2 is 1.89 bits per heavy atom. The molecule has 242 valence electrons. The van der Waals surface area contributed by atoms with Gasteiger partial charge in [0.15, 0.2) is 6.21 Å². The molecular weight excluding hydrogens is 561 g/mol. The third-order valence-electron chi connectivity index (χ3n) is 9.01. The normalized spacial score (nSPS) is 23.5. The van der Waals surface area contributed by atoms with Gasteiger partial charge in [0.1, 0.15) is 30.3 Å². The summed E-state index contributed by atoms with van der Waals surface area (Å²) in [5.41, 5.74) is 6.02. The number of carbonyl (C=O) groups excluding carboxylic acids is 1. The predicted molar refractivity (Wildman–Crippen MR) is 188 cm³/mol. The minimum atomic E-state index is -0.517. The van der Waals surface area contributed by atoms with Crippen molar-refractivity contribution in [3.63, 3.8) is 0 Å². The molecule has 1 unspecified atom stereocenters. The molecular formula is C39H53FN3O2+. The van der Waals surface area contributed by atoms with E-state index in [1.807, 2.05) is 53.8 Å². The van der Waals surface area contributed by atoms with E-state index < -0.39 is 11.2 Å². The van der Waals surface area contributed by atoms with E-state index >= 15 is 0 Å². The van der Waals surface area contributed by atoms with Gasteiger partial charge in [0, 0.05) is 37.1 Å². The molecule has 0 aromatic heterocycles. The molecule has 0 bridgehead atoms. The summed E-state index contributed by atoms with van der Waals surface area (Å²) in [6, 6.07) is 6.36. The van der Waals surface area contributed by atoms with Crippen LogP contribution in [0.3, 0.4) is 0 Å². The molecule has 2 aliphatic heterocycles. The summed E-state index contributed by atoms with van der Waals surface area (Å²) in [7, 11) is 0. The van der Waals surface area contributed by atoms with E-state index in [2.05, 4.69) is 61.3 Å². The zero-order valence-electron chi connectivity index (χ0n) is 28.7. The van der Waals surface area contributed by atoms with E-state index in [9.17, 15) is 9.18 Å². The quantitative estimate of drug-likeness (QED) is 0.137. The van der Waals surface area contributed by atoms with Crippen LogP contribution in [0.2, 0.25) is 0 Å². The monoisotopic (exact) mass is 614 g/mol. The Bertz CT molecular complexity index is 1470. The second-order valence-electron chi connectivity index (χ2n) is 12.8. The van der Waals surface area contributed by atoms with E-state index in [1.54, 1.807) is 12.2 Å². The summed E-state index contributed by atoms with van der Waals surface area (Å²) in [5, 5.41) is 3.17. The van der Waals surface area contributed by atoms with Crippen LogP contribution >= 0.6 is 0 Å². The Hall–Kier alpha value is -3.64.